The van der Waals surface area contributed by atoms with Crippen molar-refractivity contribution in [3.05, 3.63) is 190 Å². The molecule has 23 nitrogen and oxygen atoms in total. The predicted octanol–water partition coefficient (Wildman–Crippen LogP) is 9.42. The SMILES string of the molecule is C.C.C.C.CCOCCOOSC.CCOCCOOSC.CCOCCS(C)(=O)=O.CS(=O)(=O)[O-].Cc1ccccc1NC(N)=[NH+]c1ccccc1C.c1ccc2c(c1)C1=Nc3c4ccccc4c4n3C35n6c(c7ccccc7c6=NC6=[N+]3C(=N4)c3ccccc36)=NC2=[N+]15. The predicted molar refractivity (Wildman–Crippen MR) is 382 cm³/mol. The molecular formula is C68H89N11O12S4+2. The van der Waals surface area contributed by atoms with Crippen LogP contribution in [-0.4, -0.2) is 153 Å². The van der Waals surface area contributed by atoms with Crippen LogP contribution in [0.5, 0.6) is 0 Å². The second kappa shape index (κ2) is 35.3. The highest BCUT2D eigenvalue weighted by Gasteiger charge is 2.69. The molecule has 95 heavy (non-hydrogen) atoms. The highest BCUT2D eigenvalue weighted by atomic mass is 32.2. The molecule has 0 bridgehead atoms. The zero-order chi connectivity index (χ0) is 64.9. The molecule has 4 N–H and O–H groups in total. The molecule has 6 aliphatic rings. The van der Waals surface area contributed by atoms with E-state index in [1.165, 1.54) is 30.3 Å². The van der Waals surface area contributed by atoms with Crippen LogP contribution in [0, 0.1) is 13.8 Å². The number of sulfone groups is 1. The van der Waals surface area contributed by atoms with Gasteiger partial charge in [-0.05, 0) is 106 Å². The van der Waals surface area contributed by atoms with E-state index in [-0.39, 0.29) is 35.5 Å². The van der Waals surface area contributed by atoms with Gasteiger partial charge in [-0.25, -0.2) is 36.9 Å². The first kappa shape index (κ1) is 77.9. The lowest BCUT2D eigenvalue weighted by Gasteiger charge is -2.40. The Morgan fingerprint density at radius 2 is 0.937 bits per heavy atom. The van der Waals surface area contributed by atoms with Crippen molar-refractivity contribution < 1.29 is 68.2 Å². The van der Waals surface area contributed by atoms with Crippen LogP contribution in [0.4, 0.5) is 23.0 Å². The molecule has 8 heterocycles. The summed E-state index contributed by atoms with van der Waals surface area (Å²) in [6.07, 6.45) is 5.39. The Kier molecular flexibility index (Phi) is 28.9. The van der Waals surface area contributed by atoms with E-state index in [0.717, 1.165) is 125 Å². The molecule has 0 atom stereocenters. The van der Waals surface area contributed by atoms with Crippen molar-refractivity contribution in [3.8, 4) is 0 Å². The minimum Gasteiger partial charge on any atom is -0.748 e. The van der Waals surface area contributed by atoms with E-state index in [1.807, 2.05) is 83.1 Å². The number of aryl methyl sites for hydroxylation is 2. The summed E-state index contributed by atoms with van der Waals surface area (Å²) in [5, 5.41) is 7.50. The molecule has 0 fully saturated rings. The number of rotatable bonds is 18. The average Bonchev–Trinajstić information content (AvgIpc) is 1.52. The van der Waals surface area contributed by atoms with Crippen molar-refractivity contribution in [1.29, 1.82) is 0 Å². The molecule has 510 valence electrons. The van der Waals surface area contributed by atoms with E-state index in [2.05, 4.69) is 144 Å². The summed E-state index contributed by atoms with van der Waals surface area (Å²) < 4.78 is 81.2. The van der Waals surface area contributed by atoms with Gasteiger partial charge in [0.05, 0.1) is 57.9 Å². The van der Waals surface area contributed by atoms with Gasteiger partial charge in [0, 0.05) is 90.5 Å². The summed E-state index contributed by atoms with van der Waals surface area (Å²) in [5.74, 6) is 5.12. The first-order valence-electron chi connectivity index (χ1n) is 29.1. The molecule has 6 aliphatic heterocycles. The average molecular weight is 1380 g/mol. The second-order valence-corrected chi connectivity index (χ2v) is 25.1. The van der Waals surface area contributed by atoms with Gasteiger partial charge in [0.25, 0.3) is 23.3 Å². The summed E-state index contributed by atoms with van der Waals surface area (Å²) in [5.41, 5.74) is 16.4. The zero-order valence-corrected chi connectivity index (χ0v) is 55.2. The number of nitrogens with zero attached hydrogens (tertiary/aromatic N) is 8. The third-order valence-corrected chi connectivity index (χ3v) is 15.6. The number of guanidine groups is 1. The maximum Gasteiger partial charge on any atom is 0.404 e. The van der Waals surface area contributed by atoms with Gasteiger partial charge in [-0.1, -0.05) is 135 Å². The smallest absolute Gasteiger partial charge is 0.404 e. The maximum atomic E-state index is 10.4. The number of ether oxygens (including phenoxy) is 3. The topological polar surface area (TPSA) is 273 Å². The number of benzene rings is 6. The van der Waals surface area contributed by atoms with E-state index in [4.69, 9.17) is 52.9 Å². The number of hydrogen-bond acceptors (Lipinski definition) is 18. The van der Waals surface area contributed by atoms with E-state index in [0.29, 0.717) is 51.9 Å². The van der Waals surface area contributed by atoms with Crippen LogP contribution in [0.2, 0.25) is 0 Å². The summed E-state index contributed by atoms with van der Waals surface area (Å²) in [4.78, 5) is 34.1. The van der Waals surface area contributed by atoms with Crippen LogP contribution in [0.25, 0.3) is 21.5 Å². The van der Waals surface area contributed by atoms with Gasteiger partial charge in [0.1, 0.15) is 34.4 Å². The molecule has 6 aromatic carbocycles. The number of amidine groups is 4. The van der Waals surface area contributed by atoms with Gasteiger partial charge >= 0.3 is 11.9 Å². The maximum absolute atomic E-state index is 10.4. The quantitative estimate of drug-likeness (QED) is 0.0105. The minimum absolute atomic E-state index is 0. The summed E-state index contributed by atoms with van der Waals surface area (Å²) >= 11 is 2.36. The number of fused-ring (bicyclic) bond motifs is 12. The third kappa shape index (κ3) is 17.3. The standard InChI is InChI=1S/C33H16N8.C15H17N3.3C5H12O3S.CH4O3S.4CH4/c1-2-10-18-17(9-1)25-34-27-19-11-3-4-12-20(19)29-36-31-23-15-7-8-16-24(23)32-37-30-22-14-6-5-13-21(22)28-35-26(18)38(25)33(39(27)29,40(28)30)41(31)32;1-11-7-3-5-9-13(11)17-15(16)18-14-10-6-4-8-12(14)2;1-3-8-4-5-9(2,6)7;2*1-3-6-4-5-7-8-9-2;1-5(2,3)4;;;;/h1-16H;3-10H,1-2H3,(H3,16,17,18);3*3-5H2,1-2H3;1H3,(H,2,3,4);4*1H4/q+2;;;;;;;;;. The first-order chi connectivity index (χ1) is 43.9. The molecule has 8 aromatic rings. The van der Waals surface area contributed by atoms with Gasteiger partial charge in [0.2, 0.25) is 22.6 Å². The third-order valence-electron chi connectivity index (χ3n) is 14.3. The Balaban J connectivity index is 0.000000253. The number of anilines is 1. The number of aromatic nitrogens is 2. The minimum atomic E-state index is -3.92. The van der Waals surface area contributed by atoms with Gasteiger partial charge in [-0.2, -0.15) is 17.8 Å². The fourth-order valence-electron chi connectivity index (χ4n) is 10.6. The second-order valence-electron chi connectivity index (χ2n) is 20.5. The fraction of sp³-hybridized carbons (Fsp3) is 0.338. The Morgan fingerprint density at radius 1 is 0.547 bits per heavy atom. The normalized spacial score (nSPS) is 13.7. The van der Waals surface area contributed by atoms with Crippen molar-refractivity contribution in [3.63, 3.8) is 0 Å². The number of hydrogen-bond donors (Lipinski definition) is 3. The molecule has 0 radical (unpaired) electrons. The Hall–Kier alpha value is -7.77. The van der Waals surface area contributed by atoms with Crippen molar-refractivity contribution in [2.75, 3.05) is 88.9 Å². The lowest BCUT2D eigenvalue weighted by atomic mass is 10.1. The van der Waals surface area contributed by atoms with E-state index >= 15 is 0 Å². The number of aliphatic imine (C=N–C) groups is 2. The highest BCUT2D eigenvalue weighted by molar-refractivity contribution is 7.94. The monoisotopic (exact) mass is 1380 g/mol. The molecule has 2 aromatic heterocycles. The van der Waals surface area contributed by atoms with E-state index < -0.39 is 25.9 Å². The van der Waals surface area contributed by atoms with Crippen molar-refractivity contribution in [2.45, 2.75) is 70.2 Å². The number of para-hydroxylation sites is 2. The fourth-order valence-corrected chi connectivity index (χ4v) is 11.4. The number of nitrogens with one attached hydrogen (secondary N) is 2. The molecule has 27 heteroatoms. The van der Waals surface area contributed by atoms with Crippen molar-refractivity contribution >= 4 is 118 Å². The Morgan fingerprint density at radius 3 is 1.36 bits per heavy atom. The van der Waals surface area contributed by atoms with Crippen LogP contribution >= 0.6 is 24.1 Å². The summed E-state index contributed by atoms with van der Waals surface area (Å²) in [6.45, 7) is 14.3. The van der Waals surface area contributed by atoms with Gasteiger partial charge < -0.3 is 18.8 Å². The zero-order valence-electron chi connectivity index (χ0n) is 51.9. The molecule has 0 unspecified atom stereocenters. The van der Waals surface area contributed by atoms with E-state index in [1.54, 1.807) is 12.5 Å². The van der Waals surface area contributed by atoms with Crippen molar-refractivity contribution in [1.82, 2.24) is 9.13 Å². The Labute approximate surface area is 566 Å². The Bertz CT molecular complexity index is 4300. The molecule has 1 spiro atoms. The highest BCUT2D eigenvalue weighted by Crippen LogP contribution is 2.52. The van der Waals surface area contributed by atoms with Crippen molar-refractivity contribution in [2.24, 2.45) is 25.7 Å². The molecule has 0 amide bonds. The molecule has 0 saturated heterocycles. The largest absolute Gasteiger partial charge is 0.748 e. The summed E-state index contributed by atoms with van der Waals surface area (Å²) in [6, 6.07) is 50.1. The molecule has 0 saturated carbocycles. The van der Waals surface area contributed by atoms with Gasteiger partial charge in [-0.15, -0.1) is 9.15 Å². The van der Waals surface area contributed by atoms with Gasteiger partial charge in [0.15, 0.2) is 0 Å². The molecule has 0 aliphatic carbocycles. The number of nitrogens with two attached hydrogens (primary N) is 1. The van der Waals surface area contributed by atoms with Crippen LogP contribution < -0.4 is 27.0 Å². The van der Waals surface area contributed by atoms with E-state index in [9.17, 15) is 8.42 Å². The van der Waals surface area contributed by atoms with Crippen LogP contribution in [0.15, 0.2) is 166 Å². The van der Waals surface area contributed by atoms with Crippen LogP contribution in [0.3, 0.4) is 0 Å². The van der Waals surface area contributed by atoms with Gasteiger partial charge in [-0.3, -0.25) is 5.73 Å². The van der Waals surface area contributed by atoms with Crippen LogP contribution in [0.1, 0.15) is 83.9 Å². The lowest BCUT2D eigenvalue weighted by molar-refractivity contribution is -0.790. The lowest BCUT2D eigenvalue weighted by Crippen LogP contribution is -2.72. The summed E-state index contributed by atoms with van der Waals surface area (Å²) in [7, 11) is -6.74. The molecular weight excluding hydrogens is 1290 g/mol. The van der Waals surface area contributed by atoms with Crippen LogP contribution in [-0.2, 0) is 58.5 Å². The molecule has 14 rings (SSSR count). The first-order valence-corrected chi connectivity index (χ1v) is 35.3.